The molecule has 0 bridgehead atoms. The minimum absolute atomic E-state index is 0.00237. The van der Waals surface area contributed by atoms with E-state index in [1.165, 1.54) is 0 Å². The summed E-state index contributed by atoms with van der Waals surface area (Å²) in [6, 6.07) is -1.50. The summed E-state index contributed by atoms with van der Waals surface area (Å²) in [6.45, 7) is 5.23. The fourth-order valence-electron chi connectivity index (χ4n) is 1.97. The topological polar surface area (TPSA) is 113 Å². The number of urea groups is 1. The van der Waals surface area contributed by atoms with Crippen LogP contribution in [-0.2, 0) is 9.59 Å². The van der Waals surface area contributed by atoms with Crippen molar-refractivity contribution in [3.8, 4) is 0 Å². The Labute approximate surface area is 122 Å². The van der Waals surface area contributed by atoms with Crippen LogP contribution in [0.1, 0.15) is 26.7 Å². The van der Waals surface area contributed by atoms with Gasteiger partial charge in [0.15, 0.2) is 0 Å². The van der Waals surface area contributed by atoms with E-state index in [1.54, 1.807) is 16.7 Å². The van der Waals surface area contributed by atoms with E-state index in [2.05, 4.69) is 5.32 Å². The van der Waals surface area contributed by atoms with Crippen molar-refractivity contribution in [1.82, 2.24) is 10.2 Å². The molecule has 4 N–H and O–H groups in total. The van der Waals surface area contributed by atoms with Gasteiger partial charge in [0, 0.05) is 30.0 Å². The molecule has 0 saturated carbocycles. The van der Waals surface area contributed by atoms with E-state index >= 15 is 0 Å². The van der Waals surface area contributed by atoms with E-state index in [0.717, 1.165) is 5.75 Å². The van der Waals surface area contributed by atoms with Gasteiger partial charge in [-0.2, -0.15) is 11.8 Å². The van der Waals surface area contributed by atoms with Crippen molar-refractivity contribution in [2.24, 2.45) is 5.73 Å². The molecule has 0 unspecified atom stereocenters. The van der Waals surface area contributed by atoms with Gasteiger partial charge in [-0.05, 0) is 20.3 Å². The number of hydrogen-bond acceptors (Lipinski definition) is 4. The number of carbonyl (C=O) groups excluding carboxylic acids is 2. The third-order valence-corrected chi connectivity index (χ3v) is 4.29. The molecule has 1 saturated heterocycles. The molecule has 1 rings (SSSR count). The van der Waals surface area contributed by atoms with Gasteiger partial charge < -0.3 is 21.1 Å². The van der Waals surface area contributed by atoms with Gasteiger partial charge in [0.1, 0.15) is 6.04 Å². The highest BCUT2D eigenvalue weighted by Gasteiger charge is 2.31. The smallest absolute Gasteiger partial charge is 0.326 e. The van der Waals surface area contributed by atoms with Crippen molar-refractivity contribution in [3.05, 3.63) is 0 Å². The normalized spacial score (nSPS) is 19.2. The highest BCUT2D eigenvalue weighted by molar-refractivity contribution is 8.00. The zero-order valence-corrected chi connectivity index (χ0v) is 12.5. The Hall–Kier alpha value is -1.44. The Morgan fingerprint density at radius 2 is 2.10 bits per heavy atom. The zero-order valence-electron chi connectivity index (χ0n) is 11.7. The maximum Gasteiger partial charge on any atom is 0.326 e. The Morgan fingerprint density at radius 1 is 1.45 bits per heavy atom. The lowest BCUT2D eigenvalue weighted by molar-refractivity contribution is -0.139. The molecule has 8 heteroatoms. The first-order valence-electron chi connectivity index (χ1n) is 6.42. The van der Waals surface area contributed by atoms with Gasteiger partial charge >= 0.3 is 12.0 Å². The third-order valence-electron chi connectivity index (χ3n) is 2.99. The minimum atomic E-state index is -1.16. The second kappa shape index (κ2) is 6.83. The van der Waals surface area contributed by atoms with Crippen molar-refractivity contribution in [1.29, 1.82) is 0 Å². The molecule has 1 atom stereocenters. The summed E-state index contributed by atoms with van der Waals surface area (Å²) < 4.78 is -0.0401. The highest BCUT2D eigenvalue weighted by atomic mass is 32.2. The molecule has 1 heterocycles. The second-order valence-electron chi connectivity index (χ2n) is 5.38. The molecule has 3 amide bonds. The van der Waals surface area contributed by atoms with Crippen LogP contribution in [0.25, 0.3) is 0 Å². The quantitative estimate of drug-likeness (QED) is 0.673. The number of rotatable bonds is 5. The monoisotopic (exact) mass is 303 g/mol. The second-order valence-corrected chi connectivity index (χ2v) is 7.18. The summed E-state index contributed by atoms with van der Waals surface area (Å²) in [5.41, 5.74) is 4.99. The first kappa shape index (κ1) is 16.6. The highest BCUT2D eigenvalue weighted by Crippen LogP contribution is 2.29. The Balaban J connectivity index is 2.57. The summed E-state index contributed by atoms with van der Waals surface area (Å²) in [5.74, 6) is -0.925. The van der Waals surface area contributed by atoms with Crippen LogP contribution in [0, 0.1) is 0 Å². The molecule has 1 fully saturated rings. The number of amides is 3. The lowest BCUT2D eigenvalue weighted by Crippen LogP contribution is -2.53. The van der Waals surface area contributed by atoms with Crippen LogP contribution in [0.3, 0.4) is 0 Å². The van der Waals surface area contributed by atoms with Crippen molar-refractivity contribution in [2.45, 2.75) is 37.5 Å². The fourth-order valence-corrected chi connectivity index (χ4v) is 3.09. The summed E-state index contributed by atoms with van der Waals surface area (Å²) >= 11 is 1.78. The van der Waals surface area contributed by atoms with Crippen LogP contribution in [0.5, 0.6) is 0 Å². The third kappa shape index (κ3) is 5.28. The number of carbonyl (C=O) groups is 3. The SMILES string of the molecule is CC1(C)CN(C(=O)N[C@@H](CCC(N)=O)C(=O)O)CCS1. The number of carboxylic acid groups (broad SMARTS) is 1. The van der Waals surface area contributed by atoms with Crippen LogP contribution >= 0.6 is 11.8 Å². The van der Waals surface area contributed by atoms with Gasteiger partial charge in [-0.15, -0.1) is 0 Å². The van der Waals surface area contributed by atoms with Gasteiger partial charge in [-0.25, -0.2) is 9.59 Å². The van der Waals surface area contributed by atoms with Crippen molar-refractivity contribution < 1.29 is 19.5 Å². The van der Waals surface area contributed by atoms with E-state index in [1.807, 2.05) is 13.8 Å². The van der Waals surface area contributed by atoms with E-state index in [4.69, 9.17) is 10.8 Å². The Bertz CT molecular complexity index is 400. The molecular weight excluding hydrogens is 282 g/mol. The lowest BCUT2D eigenvalue weighted by Gasteiger charge is -2.37. The van der Waals surface area contributed by atoms with Crippen LogP contribution < -0.4 is 11.1 Å². The summed E-state index contributed by atoms with van der Waals surface area (Å²) in [5, 5.41) is 11.5. The maximum atomic E-state index is 12.1. The first-order chi connectivity index (χ1) is 9.21. The Morgan fingerprint density at radius 3 is 2.60 bits per heavy atom. The number of nitrogens with two attached hydrogens (primary N) is 1. The number of carboxylic acids is 1. The predicted octanol–water partition coefficient (Wildman–Crippen LogP) is 0.242. The van der Waals surface area contributed by atoms with Gasteiger partial charge in [0.05, 0.1) is 0 Å². The van der Waals surface area contributed by atoms with Crippen molar-refractivity contribution in [2.75, 3.05) is 18.8 Å². The minimum Gasteiger partial charge on any atom is -0.480 e. The van der Waals surface area contributed by atoms with E-state index in [9.17, 15) is 14.4 Å². The summed E-state index contributed by atoms with van der Waals surface area (Å²) in [7, 11) is 0. The number of primary amides is 1. The Kier molecular flexibility index (Phi) is 5.67. The number of hydrogen-bond donors (Lipinski definition) is 3. The molecule has 0 aromatic heterocycles. The molecule has 1 aliphatic rings. The standard InChI is InChI=1S/C12H21N3O4S/c1-12(2)7-15(5-6-20-12)11(19)14-8(10(17)18)3-4-9(13)16/h8H,3-7H2,1-2H3,(H2,13,16)(H,14,19)(H,17,18)/t8-/m0/s1. The molecule has 1 aliphatic heterocycles. The molecule has 7 nitrogen and oxygen atoms in total. The summed E-state index contributed by atoms with van der Waals surface area (Å²) in [4.78, 5) is 35.4. The van der Waals surface area contributed by atoms with Crippen molar-refractivity contribution in [3.63, 3.8) is 0 Å². The van der Waals surface area contributed by atoms with Gasteiger partial charge in [-0.1, -0.05) is 0 Å². The van der Waals surface area contributed by atoms with Crippen LogP contribution in [-0.4, -0.2) is 57.5 Å². The molecule has 0 radical (unpaired) electrons. The number of nitrogens with one attached hydrogen (secondary N) is 1. The average molecular weight is 303 g/mol. The van der Waals surface area contributed by atoms with Crippen LogP contribution in [0.2, 0.25) is 0 Å². The molecule has 0 spiro atoms. The molecule has 20 heavy (non-hydrogen) atoms. The van der Waals surface area contributed by atoms with Crippen LogP contribution in [0.15, 0.2) is 0 Å². The van der Waals surface area contributed by atoms with E-state index in [-0.39, 0.29) is 17.6 Å². The van der Waals surface area contributed by atoms with Crippen LogP contribution in [0.4, 0.5) is 4.79 Å². The molecule has 0 aromatic carbocycles. The first-order valence-corrected chi connectivity index (χ1v) is 7.40. The molecule has 0 aromatic rings. The summed E-state index contributed by atoms with van der Waals surface area (Å²) in [6.07, 6.45) is -0.0685. The average Bonchev–Trinajstić information content (AvgIpc) is 2.32. The predicted molar refractivity (Wildman–Crippen MR) is 76.5 cm³/mol. The number of nitrogens with zero attached hydrogens (tertiary/aromatic N) is 1. The van der Waals surface area contributed by atoms with E-state index in [0.29, 0.717) is 13.1 Å². The molecular formula is C12H21N3O4S. The zero-order chi connectivity index (χ0) is 15.3. The maximum absolute atomic E-state index is 12.1. The van der Waals surface area contributed by atoms with Crippen molar-refractivity contribution >= 4 is 29.7 Å². The van der Waals surface area contributed by atoms with Gasteiger partial charge in [0.25, 0.3) is 0 Å². The van der Waals surface area contributed by atoms with Gasteiger partial charge in [0.2, 0.25) is 5.91 Å². The number of aliphatic carboxylic acids is 1. The van der Waals surface area contributed by atoms with Gasteiger partial charge in [-0.3, -0.25) is 4.79 Å². The lowest BCUT2D eigenvalue weighted by atomic mass is 10.1. The fraction of sp³-hybridized carbons (Fsp3) is 0.750. The molecule has 114 valence electrons. The molecule has 0 aliphatic carbocycles. The number of thioether (sulfide) groups is 1. The van der Waals surface area contributed by atoms with E-state index < -0.39 is 23.9 Å². The largest absolute Gasteiger partial charge is 0.480 e.